The van der Waals surface area contributed by atoms with Crippen LogP contribution in [0.3, 0.4) is 0 Å². The minimum atomic E-state index is -0.323. The van der Waals surface area contributed by atoms with Crippen molar-refractivity contribution in [3.05, 3.63) is 76.2 Å². The van der Waals surface area contributed by atoms with Gasteiger partial charge >= 0.3 is 0 Å². The van der Waals surface area contributed by atoms with Gasteiger partial charge in [0.1, 0.15) is 11.9 Å². The highest BCUT2D eigenvalue weighted by Gasteiger charge is 2.18. The summed E-state index contributed by atoms with van der Waals surface area (Å²) in [7, 11) is 0. The number of carbonyl (C=O) groups excluding carboxylic acids is 1. The van der Waals surface area contributed by atoms with Crippen LogP contribution in [-0.4, -0.2) is 5.91 Å². The van der Waals surface area contributed by atoms with Gasteiger partial charge in [-0.05, 0) is 35.2 Å². The van der Waals surface area contributed by atoms with Crippen molar-refractivity contribution in [2.24, 2.45) is 0 Å². The molecule has 0 spiro atoms. The molecule has 0 fully saturated rings. The number of hydrogen-bond acceptors (Lipinski definition) is 4. The average Bonchev–Trinajstić information content (AvgIpc) is 3.05. The van der Waals surface area contributed by atoms with Gasteiger partial charge in [-0.3, -0.25) is 4.79 Å². The third-order valence-corrected chi connectivity index (χ3v) is 4.99. The van der Waals surface area contributed by atoms with Crippen LogP contribution in [0.15, 0.2) is 60.0 Å². The Morgan fingerprint density at radius 1 is 1.04 bits per heavy atom. The van der Waals surface area contributed by atoms with Crippen molar-refractivity contribution >= 4 is 34.3 Å². The monoisotopic (exact) mass is 361 g/mol. The first-order valence-corrected chi connectivity index (χ1v) is 8.70. The van der Waals surface area contributed by atoms with Crippen LogP contribution in [0.2, 0.25) is 0 Å². The van der Waals surface area contributed by atoms with E-state index in [9.17, 15) is 14.4 Å². The summed E-state index contributed by atoms with van der Waals surface area (Å²) in [4.78, 5) is 13.0. The largest absolute Gasteiger partial charge is 0.352 e. The summed E-state index contributed by atoms with van der Waals surface area (Å²) in [6.07, 6.45) is 1.43. The van der Waals surface area contributed by atoms with Crippen LogP contribution in [0, 0.1) is 17.1 Å². The van der Waals surface area contributed by atoms with Crippen LogP contribution < -0.4 is 10.6 Å². The van der Waals surface area contributed by atoms with E-state index in [1.54, 1.807) is 47.8 Å². The van der Waals surface area contributed by atoms with Crippen molar-refractivity contribution in [1.29, 1.82) is 5.26 Å². The molecule has 0 saturated heterocycles. The van der Waals surface area contributed by atoms with E-state index in [0.29, 0.717) is 38.6 Å². The fourth-order valence-corrected chi connectivity index (χ4v) is 3.65. The number of anilines is 2. The van der Waals surface area contributed by atoms with Gasteiger partial charge in [-0.2, -0.15) is 5.26 Å². The SMILES string of the molecule is N#Cc1ccsc1C1=CC(=O)Nc2cc(-c3ccccc3F)ccc2N1. The zero-order valence-electron chi connectivity index (χ0n) is 13.4. The lowest BCUT2D eigenvalue weighted by atomic mass is 10.0. The number of rotatable bonds is 2. The highest BCUT2D eigenvalue weighted by molar-refractivity contribution is 7.11. The molecule has 6 heteroatoms. The molecule has 0 aliphatic carbocycles. The molecule has 2 heterocycles. The van der Waals surface area contributed by atoms with Gasteiger partial charge in [-0.15, -0.1) is 11.3 Å². The molecule has 1 amide bonds. The van der Waals surface area contributed by atoms with Gasteiger partial charge in [0.15, 0.2) is 0 Å². The van der Waals surface area contributed by atoms with Gasteiger partial charge in [-0.25, -0.2) is 4.39 Å². The van der Waals surface area contributed by atoms with Gasteiger partial charge < -0.3 is 10.6 Å². The van der Waals surface area contributed by atoms with Crippen LogP contribution in [0.1, 0.15) is 10.4 Å². The van der Waals surface area contributed by atoms with Crippen molar-refractivity contribution in [1.82, 2.24) is 0 Å². The van der Waals surface area contributed by atoms with Gasteiger partial charge in [0.25, 0.3) is 5.91 Å². The molecule has 26 heavy (non-hydrogen) atoms. The molecule has 2 aromatic carbocycles. The lowest BCUT2D eigenvalue weighted by Gasteiger charge is -2.13. The maximum absolute atomic E-state index is 14.1. The second-order valence-electron chi connectivity index (χ2n) is 5.69. The fourth-order valence-electron chi connectivity index (χ4n) is 2.83. The number of hydrogen-bond donors (Lipinski definition) is 2. The zero-order chi connectivity index (χ0) is 18.1. The molecule has 0 unspecified atom stereocenters. The summed E-state index contributed by atoms with van der Waals surface area (Å²) in [6.45, 7) is 0. The molecule has 1 aliphatic rings. The molecule has 4 nitrogen and oxygen atoms in total. The third-order valence-electron chi connectivity index (χ3n) is 4.04. The van der Waals surface area contributed by atoms with Crippen molar-refractivity contribution in [3.63, 3.8) is 0 Å². The Kier molecular flexibility index (Phi) is 3.99. The van der Waals surface area contributed by atoms with Gasteiger partial charge in [-0.1, -0.05) is 24.3 Å². The van der Waals surface area contributed by atoms with Crippen LogP contribution >= 0.6 is 11.3 Å². The van der Waals surface area contributed by atoms with E-state index in [1.165, 1.54) is 23.5 Å². The van der Waals surface area contributed by atoms with E-state index in [4.69, 9.17) is 0 Å². The first kappa shape index (κ1) is 16.1. The molecular weight excluding hydrogens is 349 g/mol. The van der Waals surface area contributed by atoms with Gasteiger partial charge in [0.2, 0.25) is 0 Å². The maximum atomic E-state index is 14.1. The van der Waals surface area contributed by atoms with Crippen LogP contribution in [0.25, 0.3) is 16.8 Å². The molecular formula is C20H12FN3OS. The average molecular weight is 361 g/mol. The Bertz CT molecular complexity index is 1090. The Hall–Kier alpha value is -3.43. The molecule has 0 atom stereocenters. The smallest absolute Gasteiger partial charge is 0.250 e. The van der Waals surface area contributed by atoms with E-state index in [0.717, 1.165) is 0 Å². The van der Waals surface area contributed by atoms with Crippen LogP contribution in [0.4, 0.5) is 15.8 Å². The lowest BCUT2D eigenvalue weighted by Crippen LogP contribution is -2.07. The lowest BCUT2D eigenvalue weighted by molar-refractivity contribution is -0.111. The Morgan fingerprint density at radius 2 is 1.88 bits per heavy atom. The van der Waals surface area contributed by atoms with Crippen LogP contribution in [0.5, 0.6) is 0 Å². The number of halogens is 1. The first-order valence-electron chi connectivity index (χ1n) is 7.82. The van der Waals surface area contributed by atoms with E-state index >= 15 is 0 Å². The predicted molar refractivity (Wildman–Crippen MR) is 101 cm³/mol. The van der Waals surface area contributed by atoms with Crippen LogP contribution in [-0.2, 0) is 4.79 Å². The normalized spacial score (nSPS) is 12.9. The summed E-state index contributed by atoms with van der Waals surface area (Å²) in [5.74, 6) is -0.634. The number of nitrogens with one attached hydrogen (secondary N) is 2. The molecule has 0 saturated carbocycles. The Labute approximate surface area is 153 Å². The van der Waals surface area contributed by atoms with Crippen molar-refractivity contribution in [3.8, 4) is 17.2 Å². The summed E-state index contributed by atoms with van der Waals surface area (Å²) in [5.41, 5.74) is 3.43. The summed E-state index contributed by atoms with van der Waals surface area (Å²) < 4.78 is 14.1. The summed E-state index contributed by atoms with van der Waals surface area (Å²) in [5, 5.41) is 17.0. The topological polar surface area (TPSA) is 64.9 Å². The molecule has 3 aromatic rings. The van der Waals surface area contributed by atoms with Crippen molar-refractivity contribution < 1.29 is 9.18 Å². The van der Waals surface area contributed by atoms with Gasteiger partial charge in [0, 0.05) is 11.6 Å². The fraction of sp³-hybridized carbons (Fsp3) is 0. The highest BCUT2D eigenvalue weighted by Crippen LogP contribution is 2.35. The summed E-state index contributed by atoms with van der Waals surface area (Å²) in [6, 6.07) is 15.6. The number of nitriles is 1. The third kappa shape index (κ3) is 2.85. The van der Waals surface area contributed by atoms with E-state index in [1.807, 2.05) is 0 Å². The molecule has 2 N–H and O–H groups in total. The molecule has 0 radical (unpaired) electrons. The second-order valence-corrected chi connectivity index (χ2v) is 6.60. The maximum Gasteiger partial charge on any atom is 0.250 e. The predicted octanol–water partition coefficient (Wildman–Crippen LogP) is 4.83. The standard InChI is InChI=1S/C20H12FN3OS/c21-15-4-2-1-3-14(15)12-5-6-16-17(9-12)24-19(25)10-18(23-16)20-13(11-22)7-8-26-20/h1-10,23H,(H,24,25). The van der Waals surface area contributed by atoms with E-state index in [2.05, 4.69) is 16.7 Å². The molecule has 1 aromatic heterocycles. The Morgan fingerprint density at radius 3 is 2.69 bits per heavy atom. The molecule has 4 rings (SSSR count). The Balaban J connectivity index is 1.75. The van der Waals surface area contributed by atoms with Crippen molar-refractivity contribution in [2.45, 2.75) is 0 Å². The number of benzene rings is 2. The number of fused-ring (bicyclic) bond motifs is 1. The molecule has 1 aliphatic heterocycles. The number of thiophene rings is 1. The van der Waals surface area contributed by atoms with E-state index < -0.39 is 0 Å². The molecule has 126 valence electrons. The second kappa shape index (κ2) is 6.47. The van der Waals surface area contributed by atoms with Crippen molar-refractivity contribution in [2.75, 3.05) is 10.6 Å². The minimum Gasteiger partial charge on any atom is -0.352 e. The first-order chi connectivity index (χ1) is 12.7. The quantitative estimate of drug-likeness (QED) is 0.687. The zero-order valence-corrected chi connectivity index (χ0v) is 14.2. The molecule has 0 bridgehead atoms. The van der Waals surface area contributed by atoms with Gasteiger partial charge in [0.05, 0.1) is 27.5 Å². The highest BCUT2D eigenvalue weighted by atomic mass is 32.1. The number of amides is 1. The number of nitrogens with zero attached hydrogens (tertiary/aromatic N) is 1. The minimum absolute atomic E-state index is 0.311. The number of carbonyl (C=O) groups is 1. The van der Waals surface area contributed by atoms with E-state index in [-0.39, 0.29) is 11.7 Å². The summed E-state index contributed by atoms with van der Waals surface area (Å²) >= 11 is 1.39.